The molecule has 0 amide bonds. The summed E-state index contributed by atoms with van der Waals surface area (Å²) in [6.07, 6.45) is 7.71. The number of aliphatic hydroxyl groups is 1. The van der Waals surface area contributed by atoms with E-state index in [4.69, 9.17) is 4.74 Å². The van der Waals surface area contributed by atoms with Crippen LogP contribution in [0.4, 0.5) is 5.95 Å². The summed E-state index contributed by atoms with van der Waals surface area (Å²) >= 11 is 0. The molecule has 0 bridgehead atoms. The van der Waals surface area contributed by atoms with Gasteiger partial charge in [-0.3, -0.25) is 4.90 Å². The smallest absolute Gasteiger partial charge is 0.338 e. The van der Waals surface area contributed by atoms with Crippen molar-refractivity contribution in [1.29, 1.82) is 0 Å². The second-order valence-corrected chi connectivity index (χ2v) is 9.87. The van der Waals surface area contributed by atoms with Crippen LogP contribution in [0.5, 0.6) is 0 Å². The van der Waals surface area contributed by atoms with Gasteiger partial charge in [-0.05, 0) is 65.8 Å². The number of cyclic esters (lactones) is 1. The lowest BCUT2D eigenvalue weighted by Crippen LogP contribution is -2.42. The molecule has 2 saturated heterocycles. The third-order valence-corrected chi connectivity index (χ3v) is 7.86. The highest BCUT2D eigenvalue weighted by Gasteiger charge is 2.41. The van der Waals surface area contributed by atoms with Crippen molar-refractivity contribution in [2.75, 3.05) is 37.6 Å². The van der Waals surface area contributed by atoms with E-state index in [9.17, 15) is 9.90 Å². The van der Waals surface area contributed by atoms with E-state index >= 15 is 0 Å². The normalized spacial score (nSPS) is 20.3. The molecule has 1 atom stereocenters. The van der Waals surface area contributed by atoms with E-state index in [-0.39, 0.29) is 11.4 Å². The molecule has 2 aromatic heterocycles. The molecule has 0 aliphatic carbocycles. The molecule has 1 spiro atoms. The molecule has 3 aliphatic rings. The summed E-state index contributed by atoms with van der Waals surface area (Å²) in [6.45, 7) is 6.67. The van der Waals surface area contributed by atoms with Crippen molar-refractivity contribution in [3.05, 3.63) is 53.1 Å². The number of aromatic nitrogens is 6. The number of carbonyl (C=O) groups is 1. The lowest BCUT2D eigenvalue weighted by Gasteiger charge is -2.39. The number of aliphatic hydroxyl groups excluding tert-OH is 1. The maximum absolute atomic E-state index is 11.8. The SMILES string of the molecule is Cc1c([C@@H](O)CN2CCC3(CCN(c4ncc(-n5cnnn5)cn4)CC3)C2)ccc2c1COC2=O. The van der Waals surface area contributed by atoms with Crippen LogP contribution in [0.1, 0.15) is 52.4 Å². The number of rotatable bonds is 5. The molecule has 3 aliphatic heterocycles. The molecular weight excluding hydrogens is 448 g/mol. The molecular formula is C24H28N8O3. The fraction of sp³-hybridized carbons (Fsp3) is 0.500. The van der Waals surface area contributed by atoms with E-state index in [1.54, 1.807) is 18.5 Å². The number of hydrogen-bond donors (Lipinski definition) is 1. The number of piperidine rings is 1. The van der Waals surface area contributed by atoms with Crippen LogP contribution in [-0.4, -0.2) is 78.9 Å². The Morgan fingerprint density at radius 3 is 2.66 bits per heavy atom. The van der Waals surface area contributed by atoms with E-state index < -0.39 is 6.10 Å². The van der Waals surface area contributed by atoms with Crippen LogP contribution in [0.15, 0.2) is 30.9 Å². The molecule has 1 aromatic carbocycles. The van der Waals surface area contributed by atoms with Crippen LogP contribution < -0.4 is 4.90 Å². The van der Waals surface area contributed by atoms with Crippen LogP contribution in [-0.2, 0) is 11.3 Å². The van der Waals surface area contributed by atoms with Crippen molar-refractivity contribution in [2.45, 2.75) is 38.9 Å². The zero-order valence-corrected chi connectivity index (χ0v) is 19.7. The molecule has 35 heavy (non-hydrogen) atoms. The number of fused-ring (bicyclic) bond motifs is 1. The van der Waals surface area contributed by atoms with Crippen molar-refractivity contribution in [3.63, 3.8) is 0 Å². The number of hydrogen-bond acceptors (Lipinski definition) is 10. The Kier molecular flexibility index (Phi) is 5.45. The van der Waals surface area contributed by atoms with Gasteiger partial charge in [0.1, 0.15) is 18.6 Å². The number of benzene rings is 1. The average molecular weight is 477 g/mol. The summed E-state index contributed by atoms with van der Waals surface area (Å²) in [5.74, 6) is 0.460. The van der Waals surface area contributed by atoms with Gasteiger partial charge in [0.15, 0.2) is 0 Å². The van der Waals surface area contributed by atoms with Gasteiger partial charge < -0.3 is 14.7 Å². The van der Waals surface area contributed by atoms with Gasteiger partial charge in [-0.15, -0.1) is 5.10 Å². The van der Waals surface area contributed by atoms with Gasteiger partial charge in [-0.25, -0.2) is 14.8 Å². The van der Waals surface area contributed by atoms with Gasteiger partial charge in [0, 0.05) is 31.7 Å². The van der Waals surface area contributed by atoms with Gasteiger partial charge in [-0.2, -0.15) is 4.68 Å². The zero-order chi connectivity index (χ0) is 24.0. The standard InChI is InChI=1S/C24H28N8O3/c1-16-18(2-3-19-20(16)13-35-22(19)34)21(33)12-30-7-4-24(14-30)5-8-31(9-6-24)23-25-10-17(11-26-23)32-15-27-28-29-32/h2-3,10-11,15,21,33H,4-9,12-14H2,1H3/t21-/m0/s1. The first-order valence-corrected chi connectivity index (χ1v) is 12.0. The molecule has 1 N–H and O–H groups in total. The summed E-state index contributed by atoms with van der Waals surface area (Å²) in [4.78, 5) is 25.5. The highest BCUT2D eigenvalue weighted by molar-refractivity contribution is 5.93. The van der Waals surface area contributed by atoms with Gasteiger partial charge in [0.25, 0.3) is 0 Å². The Morgan fingerprint density at radius 1 is 1.14 bits per heavy atom. The molecule has 0 unspecified atom stereocenters. The van der Waals surface area contributed by atoms with Crippen molar-refractivity contribution in [2.24, 2.45) is 5.41 Å². The monoisotopic (exact) mass is 476 g/mol. The Labute approximate surface area is 202 Å². The zero-order valence-electron chi connectivity index (χ0n) is 19.7. The van der Waals surface area contributed by atoms with Crippen LogP contribution >= 0.6 is 0 Å². The lowest BCUT2D eigenvalue weighted by atomic mass is 9.78. The highest BCUT2D eigenvalue weighted by Crippen LogP contribution is 2.41. The van der Waals surface area contributed by atoms with E-state index in [2.05, 4.69) is 35.3 Å². The number of likely N-dealkylation sites (tertiary alicyclic amines) is 1. The van der Waals surface area contributed by atoms with Crippen LogP contribution in [0.2, 0.25) is 0 Å². The van der Waals surface area contributed by atoms with Crippen molar-refractivity contribution < 1.29 is 14.6 Å². The molecule has 3 aromatic rings. The first-order valence-electron chi connectivity index (χ1n) is 12.0. The van der Waals surface area contributed by atoms with Gasteiger partial charge >= 0.3 is 5.97 Å². The Morgan fingerprint density at radius 2 is 1.91 bits per heavy atom. The van der Waals surface area contributed by atoms with Crippen molar-refractivity contribution in [1.82, 2.24) is 35.1 Å². The maximum atomic E-state index is 11.8. The average Bonchev–Trinajstić information content (AvgIpc) is 3.62. The minimum Gasteiger partial charge on any atom is -0.457 e. The second kappa shape index (κ2) is 8.65. The molecule has 0 saturated carbocycles. The number of esters is 1. The Hall–Kier alpha value is -3.44. The summed E-state index contributed by atoms with van der Waals surface area (Å²) in [5, 5.41) is 22.2. The highest BCUT2D eigenvalue weighted by atomic mass is 16.5. The summed E-state index contributed by atoms with van der Waals surface area (Å²) < 4.78 is 6.69. The summed E-state index contributed by atoms with van der Waals surface area (Å²) in [7, 11) is 0. The first kappa shape index (κ1) is 22.1. The van der Waals surface area contributed by atoms with Crippen LogP contribution in [0.3, 0.4) is 0 Å². The summed E-state index contributed by atoms with van der Waals surface area (Å²) in [5.41, 5.74) is 4.39. The molecule has 6 rings (SSSR count). The minimum atomic E-state index is -0.585. The van der Waals surface area contributed by atoms with E-state index in [1.807, 2.05) is 13.0 Å². The van der Waals surface area contributed by atoms with Crippen molar-refractivity contribution in [3.8, 4) is 5.69 Å². The Balaban J connectivity index is 1.06. The third kappa shape index (κ3) is 4.04. The number of β-amino-alcohol motifs (C(OH)–C–C–N with tert-alkyl or cyclic N) is 1. The van der Waals surface area contributed by atoms with Gasteiger partial charge in [0.05, 0.1) is 24.1 Å². The third-order valence-electron chi connectivity index (χ3n) is 7.86. The fourth-order valence-electron chi connectivity index (χ4n) is 5.72. The van der Waals surface area contributed by atoms with Crippen molar-refractivity contribution >= 4 is 11.9 Å². The number of anilines is 1. The van der Waals surface area contributed by atoms with E-state index in [0.29, 0.717) is 18.7 Å². The fourth-order valence-corrected chi connectivity index (χ4v) is 5.72. The predicted octanol–water partition coefficient (Wildman–Crippen LogP) is 1.46. The first-order chi connectivity index (χ1) is 17.0. The number of tetrazole rings is 1. The van der Waals surface area contributed by atoms with Crippen LogP contribution in [0.25, 0.3) is 5.69 Å². The number of nitrogens with zero attached hydrogens (tertiary/aromatic N) is 8. The van der Waals surface area contributed by atoms with E-state index in [0.717, 1.165) is 73.8 Å². The van der Waals surface area contributed by atoms with Crippen LogP contribution in [0, 0.1) is 12.3 Å². The lowest BCUT2D eigenvalue weighted by molar-refractivity contribution is 0.0535. The Bertz CT molecular complexity index is 1220. The second-order valence-electron chi connectivity index (χ2n) is 9.87. The topological polar surface area (TPSA) is 122 Å². The molecule has 2 fully saturated rings. The quantitative estimate of drug-likeness (QED) is 0.542. The van der Waals surface area contributed by atoms with E-state index in [1.165, 1.54) is 11.0 Å². The molecule has 0 radical (unpaired) electrons. The van der Waals surface area contributed by atoms with Gasteiger partial charge in [-0.1, -0.05) is 6.07 Å². The number of carbonyl (C=O) groups excluding carboxylic acids is 1. The minimum absolute atomic E-state index is 0.272. The number of ether oxygens (including phenoxy) is 1. The molecule has 182 valence electrons. The molecule has 5 heterocycles. The predicted molar refractivity (Wildman–Crippen MR) is 125 cm³/mol. The molecule has 11 nitrogen and oxygen atoms in total. The largest absolute Gasteiger partial charge is 0.457 e. The molecule has 11 heteroatoms. The summed E-state index contributed by atoms with van der Waals surface area (Å²) in [6, 6.07) is 3.66. The van der Waals surface area contributed by atoms with Gasteiger partial charge in [0.2, 0.25) is 5.95 Å². The maximum Gasteiger partial charge on any atom is 0.338 e.